The molecular weight excluding hydrogens is 274 g/mol. The zero-order valence-corrected chi connectivity index (χ0v) is 15.3. The predicted molar refractivity (Wildman–Crippen MR) is 95.2 cm³/mol. The fraction of sp³-hybridized carbons (Fsp3) is 0.947. The molecule has 0 rings (SSSR count). The Labute approximate surface area is 138 Å². The quantitative estimate of drug-likeness (QED) is 0.396. The van der Waals surface area contributed by atoms with Crippen molar-refractivity contribution >= 4 is 5.91 Å². The first-order valence-corrected chi connectivity index (χ1v) is 9.65. The summed E-state index contributed by atoms with van der Waals surface area (Å²) in [6.45, 7) is 8.00. The molecule has 1 unspecified atom stereocenters. The summed E-state index contributed by atoms with van der Waals surface area (Å²) in [7, 11) is 0. The van der Waals surface area contributed by atoms with E-state index in [2.05, 4.69) is 26.1 Å². The summed E-state index contributed by atoms with van der Waals surface area (Å²) in [5, 5.41) is 2.98. The van der Waals surface area contributed by atoms with E-state index in [1.54, 1.807) is 0 Å². The summed E-state index contributed by atoms with van der Waals surface area (Å²) in [5.41, 5.74) is 0. The van der Waals surface area contributed by atoms with E-state index in [1.165, 1.54) is 51.4 Å². The van der Waals surface area contributed by atoms with Gasteiger partial charge >= 0.3 is 0 Å². The van der Waals surface area contributed by atoms with Crippen molar-refractivity contribution in [3.8, 4) is 0 Å². The number of hydrogen-bond donors (Lipinski definition) is 1. The van der Waals surface area contributed by atoms with Gasteiger partial charge in [0.25, 0.3) is 0 Å². The van der Waals surface area contributed by atoms with Crippen LogP contribution in [0.3, 0.4) is 0 Å². The molecule has 0 aromatic carbocycles. The van der Waals surface area contributed by atoms with Crippen LogP contribution in [0.4, 0.5) is 0 Å². The highest BCUT2D eigenvalue weighted by Gasteiger charge is 2.17. The van der Waals surface area contributed by atoms with Gasteiger partial charge in [0.05, 0.1) is 0 Å². The van der Waals surface area contributed by atoms with Gasteiger partial charge in [0.1, 0.15) is 6.10 Å². The molecular formula is C19H39NO2. The minimum atomic E-state index is -0.237. The molecule has 0 saturated carbocycles. The number of nitrogens with one attached hydrogen (secondary N) is 1. The summed E-state index contributed by atoms with van der Waals surface area (Å²) < 4.78 is 5.86. The van der Waals surface area contributed by atoms with Crippen molar-refractivity contribution < 1.29 is 9.53 Å². The zero-order chi connectivity index (χ0) is 16.5. The Morgan fingerprint density at radius 3 is 2.05 bits per heavy atom. The third kappa shape index (κ3) is 13.1. The lowest BCUT2D eigenvalue weighted by Gasteiger charge is -2.17. The van der Waals surface area contributed by atoms with Gasteiger partial charge in [-0.1, -0.05) is 78.6 Å². The molecule has 0 fully saturated rings. The van der Waals surface area contributed by atoms with Crippen LogP contribution in [0.25, 0.3) is 0 Å². The number of unbranched alkanes of at least 4 members (excludes halogenated alkanes) is 8. The Hall–Kier alpha value is -0.570. The van der Waals surface area contributed by atoms with E-state index in [0.29, 0.717) is 0 Å². The third-order valence-corrected chi connectivity index (χ3v) is 3.98. The van der Waals surface area contributed by atoms with Gasteiger partial charge in [0.2, 0.25) is 5.91 Å². The first kappa shape index (κ1) is 21.4. The van der Waals surface area contributed by atoms with Crippen LogP contribution in [-0.2, 0) is 9.53 Å². The highest BCUT2D eigenvalue weighted by Crippen LogP contribution is 2.12. The van der Waals surface area contributed by atoms with Gasteiger partial charge in [0, 0.05) is 13.2 Å². The van der Waals surface area contributed by atoms with Crippen molar-refractivity contribution in [2.75, 3.05) is 13.2 Å². The molecule has 0 heterocycles. The van der Waals surface area contributed by atoms with Crippen molar-refractivity contribution in [3.05, 3.63) is 0 Å². The molecule has 0 aromatic rings. The first-order valence-electron chi connectivity index (χ1n) is 9.65. The summed E-state index contributed by atoms with van der Waals surface area (Å²) in [6, 6.07) is 0. The van der Waals surface area contributed by atoms with Crippen LogP contribution in [0.15, 0.2) is 0 Å². The van der Waals surface area contributed by atoms with Crippen molar-refractivity contribution in [2.24, 2.45) is 0 Å². The van der Waals surface area contributed by atoms with Gasteiger partial charge in [-0.25, -0.2) is 0 Å². The maximum atomic E-state index is 12.2. The van der Waals surface area contributed by atoms with Gasteiger partial charge in [0.15, 0.2) is 0 Å². The lowest BCUT2D eigenvalue weighted by molar-refractivity contribution is -0.133. The average molecular weight is 314 g/mol. The molecule has 132 valence electrons. The number of carbonyl (C=O) groups excluding carboxylic acids is 1. The zero-order valence-electron chi connectivity index (χ0n) is 15.3. The van der Waals surface area contributed by atoms with Crippen LogP contribution in [0, 0.1) is 0 Å². The monoisotopic (exact) mass is 313 g/mol. The second-order valence-corrected chi connectivity index (χ2v) is 6.27. The van der Waals surface area contributed by atoms with E-state index in [4.69, 9.17) is 4.74 Å². The van der Waals surface area contributed by atoms with E-state index in [1.807, 2.05) is 0 Å². The average Bonchev–Trinajstić information content (AvgIpc) is 2.53. The summed E-state index contributed by atoms with van der Waals surface area (Å²) in [4.78, 5) is 12.2. The summed E-state index contributed by atoms with van der Waals surface area (Å²) >= 11 is 0. The SMILES string of the molecule is CCCCCCCCC(OCCCCCC)C(=O)NCCC. The van der Waals surface area contributed by atoms with Crippen molar-refractivity contribution in [2.45, 2.75) is 104 Å². The molecule has 0 radical (unpaired) electrons. The molecule has 1 atom stereocenters. The second kappa shape index (κ2) is 16.8. The lowest BCUT2D eigenvalue weighted by atomic mass is 10.1. The van der Waals surface area contributed by atoms with E-state index in [9.17, 15) is 4.79 Å². The Bertz CT molecular complexity index is 244. The largest absolute Gasteiger partial charge is 0.368 e. The molecule has 0 bridgehead atoms. The number of ether oxygens (including phenoxy) is 1. The standard InChI is InChI=1S/C19H39NO2/c1-4-7-9-11-12-13-15-18(19(21)20-16-6-3)22-17-14-10-8-5-2/h18H,4-17H2,1-3H3,(H,20,21). The Kier molecular flexibility index (Phi) is 16.4. The van der Waals surface area contributed by atoms with Crippen LogP contribution in [0.5, 0.6) is 0 Å². The summed E-state index contributed by atoms with van der Waals surface area (Å²) in [5.74, 6) is 0.0888. The maximum Gasteiger partial charge on any atom is 0.249 e. The molecule has 0 aliphatic heterocycles. The van der Waals surface area contributed by atoms with Crippen LogP contribution in [-0.4, -0.2) is 25.2 Å². The fourth-order valence-corrected chi connectivity index (χ4v) is 2.52. The van der Waals surface area contributed by atoms with Gasteiger partial charge in [-0.15, -0.1) is 0 Å². The van der Waals surface area contributed by atoms with Gasteiger partial charge in [-0.3, -0.25) is 4.79 Å². The molecule has 0 saturated heterocycles. The molecule has 0 spiro atoms. The minimum Gasteiger partial charge on any atom is -0.368 e. The lowest BCUT2D eigenvalue weighted by Crippen LogP contribution is -2.37. The molecule has 0 aromatic heterocycles. The van der Waals surface area contributed by atoms with Gasteiger partial charge in [-0.2, -0.15) is 0 Å². The van der Waals surface area contributed by atoms with E-state index >= 15 is 0 Å². The normalized spacial score (nSPS) is 12.3. The van der Waals surface area contributed by atoms with E-state index in [0.717, 1.165) is 38.8 Å². The predicted octanol–water partition coefficient (Wildman–Crippen LogP) is 5.23. The Morgan fingerprint density at radius 1 is 0.818 bits per heavy atom. The molecule has 0 aliphatic carbocycles. The highest BCUT2D eigenvalue weighted by molar-refractivity contribution is 5.80. The Morgan fingerprint density at radius 2 is 1.41 bits per heavy atom. The van der Waals surface area contributed by atoms with E-state index in [-0.39, 0.29) is 12.0 Å². The van der Waals surface area contributed by atoms with Crippen LogP contribution in [0.2, 0.25) is 0 Å². The van der Waals surface area contributed by atoms with Gasteiger partial charge < -0.3 is 10.1 Å². The number of rotatable bonds is 16. The van der Waals surface area contributed by atoms with Crippen molar-refractivity contribution in [3.63, 3.8) is 0 Å². The smallest absolute Gasteiger partial charge is 0.249 e. The molecule has 3 heteroatoms. The minimum absolute atomic E-state index is 0.0888. The summed E-state index contributed by atoms with van der Waals surface area (Å²) in [6.07, 6.45) is 13.9. The number of amides is 1. The maximum absolute atomic E-state index is 12.2. The van der Waals surface area contributed by atoms with Crippen LogP contribution in [0.1, 0.15) is 97.8 Å². The third-order valence-electron chi connectivity index (χ3n) is 3.98. The van der Waals surface area contributed by atoms with Crippen molar-refractivity contribution in [1.29, 1.82) is 0 Å². The molecule has 22 heavy (non-hydrogen) atoms. The molecule has 1 amide bonds. The number of carbonyl (C=O) groups is 1. The molecule has 3 nitrogen and oxygen atoms in total. The first-order chi connectivity index (χ1) is 10.8. The van der Waals surface area contributed by atoms with E-state index < -0.39 is 0 Å². The van der Waals surface area contributed by atoms with Crippen molar-refractivity contribution in [1.82, 2.24) is 5.32 Å². The topological polar surface area (TPSA) is 38.3 Å². The van der Waals surface area contributed by atoms with Crippen LogP contribution < -0.4 is 5.32 Å². The highest BCUT2D eigenvalue weighted by atomic mass is 16.5. The number of hydrogen-bond acceptors (Lipinski definition) is 2. The van der Waals surface area contributed by atoms with Crippen LogP contribution >= 0.6 is 0 Å². The van der Waals surface area contributed by atoms with Gasteiger partial charge in [-0.05, 0) is 19.3 Å². The molecule has 1 N–H and O–H groups in total. The second-order valence-electron chi connectivity index (χ2n) is 6.27. The molecule has 0 aliphatic rings. The fourth-order valence-electron chi connectivity index (χ4n) is 2.52. The Balaban J connectivity index is 3.92.